The lowest BCUT2D eigenvalue weighted by atomic mass is 10.1. The molecule has 0 saturated heterocycles. The van der Waals surface area contributed by atoms with Crippen LogP contribution in [-0.2, 0) is 11.3 Å². The summed E-state index contributed by atoms with van der Waals surface area (Å²) in [5, 5.41) is 12.5. The number of phenols is 1. The molecule has 1 rings (SSSR count). The third-order valence-corrected chi connectivity index (χ3v) is 3.08. The first-order chi connectivity index (χ1) is 9.54. The van der Waals surface area contributed by atoms with Crippen molar-refractivity contribution < 1.29 is 20.4 Å². The fourth-order valence-electron chi connectivity index (χ4n) is 1.91. The molecular weight excluding hydrogens is 256 g/mol. The maximum atomic E-state index is 11.6. The SMILES string of the molecule is CC(=O)c1ccc(CNC(=O)CCCCC[NH3+])cc1O. The highest BCUT2D eigenvalue weighted by atomic mass is 16.3. The molecule has 5 N–H and O–H groups in total. The summed E-state index contributed by atoms with van der Waals surface area (Å²) in [6.45, 7) is 2.67. The molecule has 0 atom stereocenters. The summed E-state index contributed by atoms with van der Waals surface area (Å²) in [5.41, 5.74) is 4.83. The molecule has 0 radical (unpaired) electrons. The number of quaternary nitrogens is 1. The van der Waals surface area contributed by atoms with E-state index in [-0.39, 0.29) is 17.4 Å². The van der Waals surface area contributed by atoms with Crippen molar-refractivity contribution in [1.29, 1.82) is 0 Å². The van der Waals surface area contributed by atoms with Gasteiger partial charge in [0.15, 0.2) is 5.78 Å². The smallest absolute Gasteiger partial charge is 0.220 e. The molecule has 0 aliphatic rings. The van der Waals surface area contributed by atoms with Crippen LogP contribution in [0, 0.1) is 0 Å². The predicted octanol–water partition coefficient (Wildman–Crippen LogP) is 1.01. The molecule has 5 heteroatoms. The summed E-state index contributed by atoms with van der Waals surface area (Å²) in [7, 11) is 0. The molecule has 0 aliphatic heterocycles. The van der Waals surface area contributed by atoms with E-state index in [0.717, 1.165) is 31.4 Å². The normalized spacial score (nSPS) is 10.3. The highest BCUT2D eigenvalue weighted by molar-refractivity contribution is 5.96. The minimum atomic E-state index is -0.177. The number of phenolic OH excluding ortho intramolecular Hbond substituents is 1. The Morgan fingerprint density at radius 2 is 2.00 bits per heavy atom. The van der Waals surface area contributed by atoms with Gasteiger partial charge in [-0.2, -0.15) is 0 Å². The minimum Gasteiger partial charge on any atom is -0.507 e. The van der Waals surface area contributed by atoms with Crippen LogP contribution in [0.4, 0.5) is 0 Å². The second-order valence-corrected chi connectivity index (χ2v) is 4.85. The molecule has 0 heterocycles. The van der Waals surface area contributed by atoms with Crippen molar-refractivity contribution >= 4 is 11.7 Å². The van der Waals surface area contributed by atoms with Crippen LogP contribution in [0.15, 0.2) is 18.2 Å². The average Bonchev–Trinajstić information content (AvgIpc) is 2.41. The van der Waals surface area contributed by atoms with Crippen molar-refractivity contribution in [1.82, 2.24) is 5.32 Å². The lowest BCUT2D eigenvalue weighted by molar-refractivity contribution is -0.368. The van der Waals surface area contributed by atoms with Gasteiger partial charge in [-0.3, -0.25) is 9.59 Å². The first kappa shape index (κ1) is 16.2. The third kappa shape index (κ3) is 5.40. The number of hydrogen-bond acceptors (Lipinski definition) is 3. The van der Waals surface area contributed by atoms with Crippen LogP contribution in [0.3, 0.4) is 0 Å². The minimum absolute atomic E-state index is 0.00389. The fraction of sp³-hybridized carbons (Fsp3) is 0.467. The number of unbranched alkanes of at least 4 members (excludes halogenated alkanes) is 2. The van der Waals surface area contributed by atoms with E-state index in [1.165, 1.54) is 13.0 Å². The maximum Gasteiger partial charge on any atom is 0.220 e. The first-order valence-corrected chi connectivity index (χ1v) is 6.93. The van der Waals surface area contributed by atoms with E-state index >= 15 is 0 Å². The maximum absolute atomic E-state index is 11.6. The van der Waals surface area contributed by atoms with Gasteiger partial charge in [0.2, 0.25) is 5.91 Å². The Labute approximate surface area is 119 Å². The van der Waals surface area contributed by atoms with E-state index in [4.69, 9.17) is 0 Å². The summed E-state index contributed by atoms with van der Waals surface area (Å²) < 4.78 is 0. The molecule has 0 bridgehead atoms. The Morgan fingerprint density at radius 3 is 2.60 bits per heavy atom. The Balaban J connectivity index is 2.40. The number of rotatable bonds is 8. The number of Topliss-reactive ketones (excluding diaryl/α,β-unsaturated/α-hetero) is 1. The van der Waals surface area contributed by atoms with Gasteiger partial charge in [0.05, 0.1) is 12.1 Å². The molecule has 1 aromatic carbocycles. The number of aromatic hydroxyl groups is 1. The summed E-state index contributed by atoms with van der Waals surface area (Å²) in [6.07, 6.45) is 3.45. The van der Waals surface area contributed by atoms with Gasteiger partial charge in [-0.1, -0.05) is 6.07 Å². The zero-order valence-corrected chi connectivity index (χ0v) is 11.9. The van der Waals surface area contributed by atoms with Gasteiger partial charge in [0.25, 0.3) is 0 Å². The van der Waals surface area contributed by atoms with Crippen molar-refractivity contribution in [2.75, 3.05) is 6.54 Å². The molecule has 20 heavy (non-hydrogen) atoms. The molecule has 0 fully saturated rings. The summed E-state index contributed by atoms with van der Waals surface area (Å²) in [4.78, 5) is 22.8. The molecular formula is C15H23N2O3+. The molecule has 1 amide bonds. The summed E-state index contributed by atoms with van der Waals surface area (Å²) in [5.74, 6) is -0.215. The molecule has 0 aliphatic carbocycles. The largest absolute Gasteiger partial charge is 0.507 e. The molecule has 0 aromatic heterocycles. The van der Waals surface area contributed by atoms with Crippen LogP contribution in [0.25, 0.3) is 0 Å². The molecule has 110 valence electrons. The molecule has 5 nitrogen and oxygen atoms in total. The van der Waals surface area contributed by atoms with E-state index in [1.54, 1.807) is 12.1 Å². The number of carbonyl (C=O) groups is 2. The lowest BCUT2D eigenvalue weighted by Gasteiger charge is -2.07. The van der Waals surface area contributed by atoms with Crippen LogP contribution < -0.4 is 11.1 Å². The highest BCUT2D eigenvalue weighted by Gasteiger charge is 2.07. The van der Waals surface area contributed by atoms with Gasteiger partial charge in [0.1, 0.15) is 5.75 Å². The first-order valence-electron chi connectivity index (χ1n) is 6.93. The zero-order chi connectivity index (χ0) is 15.0. The van der Waals surface area contributed by atoms with Gasteiger partial charge in [-0.05, 0) is 43.9 Å². The topological polar surface area (TPSA) is 94.0 Å². The van der Waals surface area contributed by atoms with E-state index in [1.807, 2.05) is 0 Å². The van der Waals surface area contributed by atoms with Gasteiger partial charge in [-0.15, -0.1) is 0 Å². The zero-order valence-electron chi connectivity index (χ0n) is 11.9. The van der Waals surface area contributed by atoms with E-state index in [0.29, 0.717) is 18.5 Å². The van der Waals surface area contributed by atoms with E-state index < -0.39 is 0 Å². The fourth-order valence-corrected chi connectivity index (χ4v) is 1.91. The summed E-state index contributed by atoms with van der Waals surface area (Å²) in [6, 6.07) is 4.83. The highest BCUT2D eigenvalue weighted by Crippen LogP contribution is 2.19. The van der Waals surface area contributed by atoms with Crippen LogP contribution in [0.5, 0.6) is 5.75 Å². The van der Waals surface area contributed by atoms with E-state index in [9.17, 15) is 14.7 Å². The monoisotopic (exact) mass is 279 g/mol. The standard InChI is InChI=1S/C15H22N2O3/c1-11(18)13-7-6-12(9-14(13)19)10-17-15(20)5-3-2-4-8-16/h6-7,9,19H,2-5,8,10,16H2,1H3,(H,17,20)/p+1. The van der Waals surface area contributed by atoms with Gasteiger partial charge in [-0.25, -0.2) is 0 Å². The van der Waals surface area contributed by atoms with Crippen molar-refractivity contribution in [2.24, 2.45) is 0 Å². The number of hydrogen-bond donors (Lipinski definition) is 3. The molecule has 0 unspecified atom stereocenters. The molecule has 0 saturated carbocycles. The Morgan fingerprint density at radius 1 is 1.25 bits per heavy atom. The quantitative estimate of drug-likeness (QED) is 0.489. The lowest BCUT2D eigenvalue weighted by Crippen LogP contribution is -2.50. The second-order valence-electron chi connectivity index (χ2n) is 4.85. The number of nitrogens with one attached hydrogen (secondary N) is 1. The second kappa shape index (κ2) is 8.32. The predicted molar refractivity (Wildman–Crippen MR) is 76.2 cm³/mol. The average molecular weight is 279 g/mol. The number of benzene rings is 1. The Kier molecular flexibility index (Phi) is 6.73. The van der Waals surface area contributed by atoms with Crippen LogP contribution in [0.1, 0.15) is 48.5 Å². The van der Waals surface area contributed by atoms with Gasteiger partial charge in [0, 0.05) is 13.0 Å². The third-order valence-electron chi connectivity index (χ3n) is 3.08. The Bertz CT molecular complexity index is 472. The van der Waals surface area contributed by atoms with Crippen molar-refractivity contribution in [3.05, 3.63) is 29.3 Å². The van der Waals surface area contributed by atoms with Gasteiger partial charge >= 0.3 is 0 Å². The molecule has 1 aromatic rings. The van der Waals surface area contributed by atoms with Gasteiger partial charge < -0.3 is 16.2 Å². The van der Waals surface area contributed by atoms with Crippen LogP contribution in [-0.4, -0.2) is 23.3 Å². The number of carbonyl (C=O) groups excluding carboxylic acids is 2. The van der Waals surface area contributed by atoms with Crippen molar-refractivity contribution in [3.63, 3.8) is 0 Å². The Hall–Kier alpha value is -1.88. The number of ketones is 1. The van der Waals surface area contributed by atoms with Crippen LogP contribution in [0.2, 0.25) is 0 Å². The molecule has 0 spiro atoms. The van der Waals surface area contributed by atoms with Crippen molar-refractivity contribution in [3.8, 4) is 5.75 Å². The van der Waals surface area contributed by atoms with Crippen LogP contribution >= 0.6 is 0 Å². The number of amides is 1. The van der Waals surface area contributed by atoms with Crippen molar-refractivity contribution in [2.45, 2.75) is 39.2 Å². The van der Waals surface area contributed by atoms with E-state index in [2.05, 4.69) is 11.1 Å². The summed E-state index contributed by atoms with van der Waals surface area (Å²) >= 11 is 0.